The molecule has 0 aliphatic carbocycles. The third kappa shape index (κ3) is 8.00. The van der Waals surface area contributed by atoms with E-state index >= 15 is 0 Å². The molecule has 5 rings (SSSR count). The average Bonchev–Trinajstić information content (AvgIpc) is 2.98. The summed E-state index contributed by atoms with van der Waals surface area (Å²) < 4.78 is 55.5. The van der Waals surface area contributed by atoms with Crippen LogP contribution in [0.4, 0.5) is 18.0 Å². The summed E-state index contributed by atoms with van der Waals surface area (Å²) in [5.41, 5.74) is 1.00. The van der Waals surface area contributed by atoms with E-state index in [-0.39, 0.29) is 0 Å². The number of likely N-dealkylation sites (tertiary alicyclic amines) is 1. The molecule has 1 saturated heterocycles. The van der Waals surface area contributed by atoms with Gasteiger partial charge in [-0.15, -0.1) is 0 Å². The van der Waals surface area contributed by atoms with E-state index < -0.39 is 17.8 Å². The van der Waals surface area contributed by atoms with Crippen LogP contribution in [-0.4, -0.2) is 35.7 Å². The van der Waals surface area contributed by atoms with Gasteiger partial charge in [0.25, 0.3) is 0 Å². The molecule has 1 aromatic heterocycles. The van der Waals surface area contributed by atoms with Gasteiger partial charge >= 0.3 is 12.3 Å². The second kappa shape index (κ2) is 12.8. The summed E-state index contributed by atoms with van der Waals surface area (Å²) in [5.74, 6) is 2.71. The Morgan fingerprint density at radius 2 is 1.41 bits per heavy atom. The molecule has 1 aliphatic heterocycles. The quantitative estimate of drug-likeness (QED) is 0.220. The number of alkyl halides is 3. The summed E-state index contributed by atoms with van der Waals surface area (Å²) in [6.07, 6.45) is -0.983. The zero-order valence-corrected chi connectivity index (χ0v) is 22.2. The van der Waals surface area contributed by atoms with Crippen molar-refractivity contribution < 1.29 is 32.2 Å². The Morgan fingerprint density at radius 1 is 0.805 bits per heavy atom. The minimum absolute atomic E-state index is 0.327. The molecule has 1 fully saturated rings. The van der Waals surface area contributed by atoms with Gasteiger partial charge in [0.15, 0.2) is 0 Å². The highest BCUT2D eigenvalue weighted by molar-refractivity contribution is 5.70. The smallest absolute Gasteiger partial charge is 0.416 e. The number of pyridine rings is 1. The van der Waals surface area contributed by atoms with Crippen LogP contribution >= 0.6 is 0 Å². The Kier molecular flexibility index (Phi) is 8.72. The van der Waals surface area contributed by atoms with Crippen LogP contribution in [0.2, 0.25) is 0 Å². The lowest BCUT2D eigenvalue weighted by Crippen LogP contribution is -2.41. The molecule has 3 aromatic carbocycles. The Balaban J connectivity index is 1.03. The summed E-state index contributed by atoms with van der Waals surface area (Å²) in [4.78, 5) is 18.5. The molecule has 1 aliphatic rings. The monoisotopic (exact) mass is 562 g/mol. The highest BCUT2D eigenvalue weighted by atomic mass is 19.4. The molecule has 212 valence electrons. The number of halogens is 3. The maximum atomic E-state index is 12.8. The van der Waals surface area contributed by atoms with Crippen LogP contribution in [0.3, 0.4) is 0 Å². The second-order valence-corrected chi connectivity index (χ2v) is 9.87. The van der Waals surface area contributed by atoms with E-state index in [9.17, 15) is 18.0 Å². The van der Waals surface area contributed by atoms with Crippen LogP contribution in [0.15, 0.2) is 97.2 Å². The first-order valence-corrected chi connectivity index (χ1v) is 13.4. The fourth-order valence-corrected chi connectivity index (χ4v) is 4.52. The number of hydrogen-bond acceptors (Lipinski definition) is 5. The van der Waals surface area contributed by atoms with Crippen molar-refractivity contribution in [3.63, 3.8) is 0 Å². The maximum Gasteiger partial charge on any atom is 0.416 e. The normalized spacial score (nSPS) is 14.0. The molecule has 1 amide bonds. The molecule has 0 bridgehead atoms. The van der Waals surface area contributed by atoms with Crippen molar-refractivity contribution in [2.75, 3.05) is 19.7 Å². The minimum atomic E-state index is -4.35. The number of nitrogens with zero attached hydrogens (tertiary/aromatic N) is 2. The van der Waals surface area contributed by atoms with Crippen molar-refractivity contribution >= 4 is 6.09 Å². The molecule has 9 heteroatoms. The van der Waals surface area contributed by atoms with E-state index in [0.717, 1.165) is 41.9 Å². The number of amides is 1. The van der Waals surface area contributed by atoms with Crippen molar-refractivity contribution in [3.8, 4) is 23.1 Å². The number of aromatic nitrogens is 1. The van der Waals surface area contributed by atoms with Gasteiger partial charge in [-0.3, -0.25) is 0 Å². The average molecular weight is 563 g/mol. The molecule has 4 aromatic rings. The molecule has 41 heavy (non-hydrogen) atoms. The third-order valence-electron chi connectivity index (χ3n) is 6.86. The van der Waals surface area contributed by atoms with Crippen molar-refractivity contribution in [1.82, 2.24) is 9.88 Å². The fraction of sp³-hybridized carbons (Fsp3) is 0.250. The Hall–Kier alpha value is -4.53. The molecule has 0 N–H and O–H groups in total. The molecular weight excluding hydrogens is 533 g/mol. The Morgan fingerprint density at radius 3 is 2.02 bits per heavy atom. The highest BCUT2D eigenvalue weighted by Gasteiger charge is 2.30. The summed E-state index contributed by atoms with van der Waals surface area (Å²) in [7, 11) is 0. The van der Waals surface area contributed by atoms with E-state index in [1.54, 1.807) is 41.4 Å². The molecule has 0 spiro atoms. The van der Waals surface area contributed by atoms with Crippen LogP contribution in [-0.2, 0) is 12.6 Å². The van der Waals surface area contributed by atoms with E-state index in [0.29, 0.717) is 49.4 Å². The van der Waals surface area contributed by atoms with Gasteiger partial charge in [0, 0.05) is 25.4 Å². The second-order valence-electron chi connectivity index (χ2n) is 9.87. The van der Waals surface area contributed by atoms with Gasteiger partial charge in [-0.2, -0.15) is 13.2 Å². The third-order valence-corrected chi connectivity index (χ3v) is 6.86. The molecule has 6 nitrogen and oxygen atoms in total. The number of benzene rings is 3. The van der Waals surface area contributed by atoms with Gasteiger partial charge in [0.2, 0.25) is 5.88 Å². The predicted molar refractivity (Wildman–Crippen MR) is 147 cm³/mol. The van der Waals surface area contributed by atoms with Crippen molar-refractivity contribution in [2.45, 2.75) is 25.4 Å². The predicted octanol–water partition coefficient (Wildman–Crippen LogP) is 7.77. The number of carbonyl (C=O) groups is 1. The zero-order valence-electron chi connectivity index (χ0n) is 22.2. The lowest BCUT2D eigenvalue weighted by atomic mass is 9.98. The van der Waals surface area contributed by atoms with Crippen LogP contribution in [0.1, 0.15) is 29.5 Å². The zero-order chi connectivity index (χ0) is 28.7. The van der Waals surface area contributed by atoms with E-state index in [4.69, 9.17) is 14.2 Å². The van der Waals surface area contributed by atoms with Crippen LogP contribution in [0.5, 0.6) is 23.1 Å². The van der Waals surface area contributed by atoms with Gasteiger partial charge in [0.05, 0.1) is 12.2 Å². The van der Waals surface area contributed by atoms with Crippen LogP contribution in [0, 0.1) is 5.92 Å². The first-order chi connectivity index (χ1) is 19.8. The van der Waals surface area contributed by atoms with Crippen molar-refractivity contribution in [1.29, 1.82) is 0 Å². The van der Waals surface area contributed by atoms with Crippen LogP contribution in [0.25, 0.3) is 0 Å². The highest BCUT2D eigenvalue weighted by Crippen LogP contribution is 2.30. The Bertz CT molecular complexity index is 1400. The van der Waals surface area contributed by atoms with E-state index in [1.807, 2.05) is 36.4 Å². The van der Waals surface area contributed by atoms with Crippen molar-refractivity contribution in [2.24, 2.45) is 5.92 Å². The largest absolute Gasteiger partial charge is 0.493 e. The van der Waals surface area contributed by atoms with E-state index in [1.165, 1.54) is 12.1 Å². The topological polar surface area (TPSA) is 60.9 Å². The number of ether oxygens (including phenoxy) is 3. The van der Waals surface area contributed by atoms with E-state index in [2.05, 4.69) is 4.98 Å². The number of rotatable bonds is 8. The minimum Gasteiger partial charge on any atom is -0.493 e. The molecule has 0 radical (unpaired) electrons. The van der Waals surface area contributed by atoms with Crippen molar-refractivity contribution in [3.05, 3.63) is 114 Å². The van der Waals surface area contributed by atoms with Gasteiger partial charge in [0.1, 0.15) is 17.2 Å². The lowest BCUT2D eigenvalue weighted by molar-refractivity contribution is -0.137. The van der Waals surface area contributed by atoms with Gasteiger partial charge in [-0.25, -0.2) is 9.78 Å². The lowest BCUT2D eigenvalue weighted by Gasteiger charge is -2.31. The summed E-state index contributed by atoms with van der Waals surface area (Å²) >= 11 is 0. The summed E-state index contributed by atoms with van der Waals surface area (Å²) in [6, 6.07) is 25.0. The molecule has 0 saturated carbocycles. The van der Waals surface area contributed by atoms with Gasteiger partial charge < -0.3 is 19.1 Å². The van der Waals surface area contributed by atoms with Gasteiger partial charge in [-0.05, 0) is 90.9 Å². The number of carbonyl (C=O) groups excluding carboxylic acids is 1. The standard InChI is InChI=1S/C32H29F3N2O4/c33-32(34,35)26-8-4-23(5-9-26)21-24-6-10-29(11-7-24)41-31(38)37-19-16-25(17-20-37)22-39-27-12-14-28(15-13-27)40-30-3-1-2-18-36-30/h1-15,18,25H,16-17,19-22H2. The first kappa shape index (κ1) is 28.0. The molecule has 0 atom stereocenters. The molecule has 0 unspecified atom stereocenters. The fourth-order valence-electron chi connectivity index (χ4n) is 4.52. The molecule has 2 heterocycles. The summed E-state index contributed by atoms with van der Waals surface area (Å²) in [5, 5.41) is 0. The summed E-state index contributed by atoms with van der Waals surface area (Å²) in [6.45, 7) is 1.72. The number of piperidine rings is 1. The number of hydrogen-bond donors (Lipinski definition) is 0. The molecular formula is C32H29F3N2O4. The van der Waals surface area contributed by atoms with Gasteiger partial charge in [-0.1, -0.05) is 30.3 Å². The Labute approximate surface area is 236 Å². The first-order valence-electron chi connectivity index (χ1n) is 13.4. The SMILES string of the molecule is O=C(Oc1ccc(Cc2ccc(C(F)(F)F)cc2)cc1)N1CCC(COc2ccc(Oc3ccccn3)cc2)CC1. The maximum absolute atomic E-state index is 12.8. The van der Waals surface area contributed by atoms with Crippen LogP contribution < -0.4 is 14.2 Å².